The Labute approximate surface area is 120 Å². The average Bonchev–Trinajstić information content (AvgIpc) is 2.81. The van der Waals surface area contributed by atoms with Crippen LogP contribution in [0.2, 0.25) is 0 Å². The van der Waals surface area contributed by atoms with E-state index in [4.69, 9.17) is 5.11 Å². The van der Waals surface area contributed by atoms with Crippen molar-refractivity contribution in [3.05, 3.63) is 40.7 Å². The molecule has 1 aromatic heterocycles. The van der Waals surface area contributed by atoms with Crippen LogP contribution in [0.5, 0.6) is 0 Å². The Balaban J connectivity index is 2.24. The van der Waals surface area contributed by atoms with Crippen molar-refractivity contribution in [1.82, 2.24) is 4.98 Å². The zero-order valence-electron chi connectivity index (χ0n) is 11.4. The number of hydrogen-bond donors (Lipinski definition) is 2. The second-order valence-corrected chi connectivity index (χ2v) is 5.93. The fraction of sp³-hybridized carbons (Fsp3) is 0.286. The largest absolute Gasteiger partial charge is 0.481 e. The number of nitrogens with zero attached hydrogens (tertiary/aromatic N) is 1. The average molecular weight is 294 g/mol. The molecule has 20 heavy (non-hydrogen) atoms. The molecular weight excluding hydrogens is 279 g/mol. The number of carboxylic acid groups (broad SMARTS) is 1. The zero-order valence-corrected chi connectivity index (χ0v) is 12.2. The first-order valence-electron chi connectivity index (χ1n) is 6.03. The molecule has 0 unspecified atom stereocenters. The quantitative estimate of drug-likeness (QED) is 0.902. The summed E-state index contributed by atoms with van der Waals surface area (Å²) in [7, 11) is 0. The lowest BCUT2D eigenvalue weighted by Gasteiger charge is -2.15. The first-order chi connectivity index (χ1) is 9.30. The minimum Gasteiger partial charge on any atom is -0.481 e. The van der Waals surface area contributed by atoms with Gasteiger partial charge in [0.2, 0.25) is 0 Å². The third kappa shape index (κ3) is 2.80. The van der Waals surface area contributed by atoms with Gasteiger partial charge >= 0.3 is 5.97 Å². The molecule has 1 heterocycles. The van der Waals surface area contributed by atoms with Crippen molar-refractivity contribution in [3.63, 3.8) is 0 Å². The zero-order chi connectivity index (χ0) is 14.9. The molecular formula is C14H15FN2O2S. The maximum absolute atomic E-state index is 13.7. The summed E-state index contributed by atoms with van der Waals surface area (Å²) in [6, 6.07) is 4.85. The lowest BCUT2D eigenvalue weighted by Crippen LogP contribution is -2.28. The maximum Gasteiger partial charge on any atom is 0.315 e. The summed E-state index contributed by atoms with van der Waals surface area (Å²) >= 11 is 1.25. The summed E-state index contributed by atoms with van der Waals surface area (Å²) in [5.41, 5.74) is 0.539. The Morgan fingerprint density at radius 1 is 1.45 bits per heavy atom. The Morgan fingerprint density at radius 3 is 2.75 bits per heavy atom. The van der Waals surface area contributed by atoms with Crippen LogP contribution in [0.3, 0.4) is 0 Å². The fourth-order valence-electron chi connectivity index (χ4n) is 1.56. The molecule has 6 heteroatoms. The highest BCUT2D eigenvalue weighted by Gasteiger charge is 2.32. The van der Waals surface area contributed by atoms with Crippen LogP contribution in [0.15, 0.2) is 23.6 Å². The van der Waals surface area contributed by atoms with Gasteiger partial charge in [-0.25, -0.2) is 9.37 Å². The van der Waals surface area contributed by atoms with Gasteiger partial charge in [-0.15, -0.1) is 11.3 Å². The van der Waals surface area contributed by atoms with Crippen LogP contribution in [-0.4, -0.2) is 16.1 Å². The molecule has 0 aliphatic heterocycles. The topological polar surface area (TPSA) is 62.2 Å². The Kier molecular flexibility index (Phi) is 3.76. The molecule has 0 spiro atoms. The number of rotatable bonds is 4. The van der Waals surface area contributed by atoms with E-state index in [2.05, 4.69) is 10.3 Å². The molecule has 0 radical (unpaired) electrons. The van der Waals surface area contributed by atoms with Crippen LogP contribution < -0.4 is 5.32 Å². The molecule has 1 aromatic carbocycles. The van der Waals surface area contributed by atoms with Gasteiger partial charge in [0.05, 0.1) is 11.4 Å². The first-order valence-corrected chi connectivity index (χ1v) is 6.91. The van der Waals surface area contributed by atoms with Crippen molar-refractivity contribution in [2.45, 2.75) is 26.2 Å². The molecule has 0 aliphatic carbocycles. The van der Waals surface area contributed by atoms with Crippen molar-refractivity contribution in [2.24, 2.45) is 0 Å². The van der Waals surface area contributed by atoms with E-state index >= 15 is 0 Å². The third-order valence-electron chi connectivity index (χ3n) is 3.05. The molecule has 0 saturated carbocycles. The molecule has 2 rings (SSSR count). The van der Waals surface area contributed by atoms with Gasteiger partial charge in [-0.2, -0.15) is 0 Å². The SMILES string of the molecule is Cc1ccc(Nc2nc(C(C)(C)C(=O)O)cs2)c(F)c1. The summed E-state index contributed by atoms with van der Waals surface area (Å²) in [5.74, 6) is -1.31. The fourth-order valence-corrected chi connectivity index (χ4v) is 2.46. The smallest absolute Gasteiger partial charge is 0.315 e. The standard InChI is InChI=1S/C14H15FN2O2S/c1-8-4-5-10(9(15)6-8)16-13-17-11(7-20-13)14(2,3)12(18)19/h4-7H,1-3H3,(H,16,17)(H,18,19). The minimum absolute atomic E-state index is 0.324. The summed E-state index contributed by atoms with van der Waals surface area (Å²) in [5, 5.41) is 14.2. The van der Waals surface area contributed by atoms with Crippen molar-refractivity contribution in [3.8, 4) is 0 Å². The molecule has 2 aromatic rings. The normalized spacial score (nSPS) is 11.4. The molecule has 0 bridgehead atoms. The number of anilines is 2. The maximum atomic E-state index is 13.7. The second kappa shape index (κ2) is 5.20. The van der Waals surface area contributed by atoms with E-state index in [1.165, 1.54) is 17.4 Å². The highest BCUT2D eigenvalue weighted by molar-refractivity contribution is 7.13. The van der Waals surface area contributed by atoms with Crippen LogP contribution in [0.4, 0.5) is 15.2 Å². The van der Waals surface area contributed by atoms with E-state index in [9.17, 15) is 9.18 Å². The van der Waals surface area contributed by atoms with E-state index in [0.717, 1.165) is 5.56 Å². The number of nitrogens with one attached hydrogen (secondary N) is 1. The molecule has 0 amide bonds. The number of aromatic nitrogens is 1. The number of carboxylic acids is 1. The van der Waals surface area contributed by atoms with Crippen molar-refractivity contribution >= 4 is 28.1 Å². The van der Waals surface area contributed by atoms with Gasteiger partial charge < -0.3 is 10.4 Å². The van der Waals surface area contributed by atoms with E-state index in [0.29, 0.717) is 16.5 Å². The van der Waals surface area contributed by atoms with Crippen LogP contribution >= 0.6 is 11.3 Å². The Morgan fingerprint density at radius 2 is 2.15 bits per heavy atom. The molecule has 0 aliphatic rings. The van der Waals surface area contributed by atoms with E-state index in [1.807, 2.05) is 6.92 Å². The number of aliphatic carboxylic acids is 1. The first kappa shape index (κ1) is 14.5. The van der Waals surface area contributed by atoms with Gasteiger partial charge in [-0.05, 0) is 38.5 Å². The highest BCUT2D eigenvalue weighted by Crippen LogP contribution is 2.29. The summed E-state index contributed by atoms with van der Waals surface area (Å²) in [4.78, 5) is 15.4. The lowest BCUT2D eigenvalue weighted by atomic mass is 9.90. The predicted octanol–water partition coefficient (Wildman–Crippen LogP) is 3.70. The Hall–Kier alpha value is -1.95. The summed E-state index contributed by atoms with van der Waals surface area (Å²) in [6.07, 6.45) is 0. The van der Waals surface area contributed by atoms with Gasteiger partial charge in [-0.3, -0.25) is 4.79 Å². The summed E-state index contributed by atoms with van der Waals surface area (Å²) in [6.45, 7) is 4.98. The molecule has 2 N–H and O–H groups in total. The van der Waals surface area contributed by atoms with Crippen molar-refractivity contribution in [2.75, 3.05) is 5.32 Å². The van der Waals surface area contributed by atoms with Gasteiger partial charge in [0.25, 0.3) is 0 Å². The van der Waals surface area contributed by atoms with Crippen LogP contribution in [0.1, 0.15) is 25.1 Å². The molecule has 106 valence electrons. The van der Waals surface area contributed by atoms with Gasteiger partial charge in [0.15, 0.2) is 5.13 Å². The number of hydrogen-bond acceptors (Lipinski definition) is 4. The van der Waals surface area contributed by atoms with Gasteiger partial charge in [-0.1, -0.05) is 6.07 Å². The lowest BCUT2D eigenvalue weighted by molar-refractivity contribution is -0.142. The van der Waals surface area contributed by atoms with Crippen LogP contribution in [-0.2, 0) is 10.2 Å². The second-order valence-electron chi connectivity index (χ2n) is 5.08. The van der Waals surface area contributed by atoms with Gasteiger partial charge in [0, 0.05) is 5.38 Å². The predicted molar refractivity (Wildman–Crippen MR) is 77.2 cm³/mol. The van der Waals surface area contributed by atoms with Crippen molar-refractivity contribution in [1.29, 1.82) is 0 Å². The van der Waals surface area contributed by atoms with E-state index in [-0.39, 0.29) is 5.82 Å². The number of thiazole rings is 1. The third-order valence-corrected chi connectivity index (χ3v) is 3.80. The summed E-state index contributed by atoms with van der Waals surface area (Å²) < 4.78 is 13.7. The van der Waals surface area contributed by atoms with Crippen molar-refractivity contribution < 1.29 is 14.3 Å². The number of carbonyl (C=O) groups is 1. The Bertz CT molecular complexity index is 652. The molecule has 0 atom stereocenters. The number of benzene rings is 1. The van der Waals surface area contributed by atoms with Crippen LogP contribution in [0, 0.1) is 12.7 Å². The minimum atomic E-state index is -1.07. The van der Waals surface area contributed by atoms with Gasteiger partial charge in [0.1, 0.15) is 11.2 Å². The highest BCUT2D eigenvalue weighted by atomic mass is 32.1. The molecule has 4 nitrogen and oxygen atoms in total. The number of halogens is 1. The van der Waals surface area contributed by atoms with E-state index in [1.54, 1.807) is 31.4 Å². The van der Waals surface area contributed by atoms with Crippen LogP contribution in [0.25, 0.3) is 0 Å². The molecule has 0 fully saturated rings. The van der Waals surface area contributed by atoms with E-state index < -0.39 is 11.4 Å². The molecule has 0 saturated heterocycles. The number of aryl methyl sites for hydroxylation is 1. The monoisotopic (exact) mass is 294 g/mol.